The number of rotatable bonds is 5. The summed E-state index contributed by atoms with van der Waals surface area (Å²) in [6, 6.07) is 12.9. The first-order chi connectivity index (χ1) is 17.4. The second kappa shape index (κ2) is 10.1. The third-order valence-corrected chi connectivity index (χ3v) is 6.39. The summed E-state index contributed by atoms with van der Waals surface area (Å²) in [6.45, 7) is 4.34. The molecule has 4 rings (SSSR count). The molecule has 7 nitrogen and oxygen atoms in total. The number of allylic oxidation sites excluding steroid dienone is 1. The minimum atomic E-state index is -3.39. The van der Waals surface area contributed by atoms with Gasteiger partial charge in [0.1, 0.15) is 0 Å². The van der Waals surface area contributed by atoms with Crippen LogP contribution >= 0.6 is 11.6 Å². The van der Waals surface area contributed by atoms with Crippen molar-refractivity contribution >= 4 is 34.7 Å². The summed E-state index contributed by atoms with van der Waals surface area (Å²) in [7, 11) is 0. The van der Waals surface area contributed by atoms with Crippen LogP contribution in [0.15, 0.2) is 60.8 Å². The van der Waals surface area contributed by atoms with Crippen LogP contribution in [0.25, 0.3) is 11.3 Å². The Labute approximate surface area is 218 Å². The van der Waals surface area contributed by atoms with E-state index < -0.39 is 35.3 Å². The summed E-state index contributed by atoms with van der Waals surface area (Å²) in [5, 5.41) is 16.4. The van der Waals surface area contributed by atoms with E-state index in [1.807, 2.05) is 13.0 Å². The van der Waals surface area contributed by atoms with Crippen LogP contribution in [-0.4, -0.2) is 51.3 Å². The fourth-order valence-electron chi connectivity index (χ4n) is 4.10. The highest BCUT2D eigenvalue weighted by molar-refractivity contribution is 6.34. The smallest absolute Gasteiger partial charge is 0.275 e. The fourth-order valence-corrected chi connectivity index (χ4v) is 4.36. The number of halogens is 3. The number of amides is 2. The summed E-state index contributed by atoms with van der Waals surface area (Å²) < 4.78 is 32.4. The summed E-state index contributed by atoms with van der Waals surface area (Å²) >= 11 is 6.48. The topological polar surface area (TPSA) is 87.5 Å². The van der Waals surface area contributed by atoms with Gasteiger partial charge in [0.05, 0.1) is 39.8 Å². The molecule has 0 unspecified atom stereocenters. The number of hydrogen-bond donors (Lipinski definition) is 2. The van der Waals surface area contributed by atoms with Crippen molar-refractivity contribution in [2.75, 3.05) is 18.1 Å². The monoisotopic (exact) mass is 528 g/mol. The van der Waals surface area contributed by atoms with Gasteiger partial charge in [-0.1, -0.05) is 29.8 Å². The zero-order valence-electron chi connectivity index (χ0n) is 20.6. The summed E-state index contributed by atoms with van der Waals surface area (Å²) in [5.74, 6) is -4.70. The van der Waals surface area contributed by atoms with Gasteiger partial charge in [0.15, 0.2) is 0 Å². The Balaban J connectivity index is 1.72. The highest BCUT2D eigenvalue weighted by Gasteiger charge is 2.41. The number of benzene rings is 2. The van der Waals surface area contributed by atoms with E-state index in [1.54, 1.807) is 61.1 Å². The van der Waals surface area contributed by atoms with E-state index in [0.717, 1.165) is 11.8 Å². The van der Waals surface area contributed by atoms with Gasteiger partial charge in [-0.15, -0.1) is 0 Å². The highest BCUT2D eigenvalue weighted by atomic mass is 35.5. The fraction of sp³-hybridized carbons (Fsp3) is 0.296. The number of nitrogens with one attached hydrogen (secondary N) is 1. The lowest BCUT2D eigenvalue weighted by molar-refractivity contribution is -0.118. The Hall–Kier alpha value is -3.56. The number of para-hydroxylation sites is 1. The molecule has 0 fully saturated rings. The third kappa shape index (κ3) is 5.57. The van der Waals surface area contributed by atoms with Crippen LogP contribution in [-0.2, 0) is 4.79 Å². The first kappa shape index (κ1) is 26.5. The molecule has 37 heavy (non-hydrogen) atoms. The van der Waals surface area contributed by atoms with Crippen LogP contribution < -0.4 is 10.2 Å². The van der Waals surface area contributed by atoms with Crippen molar-refractivity contribution in [2.24, 2.45) is 0 Å². The van der Waals surface area contributed by atoms with Crippen LogP contribution in [0.2, 0.25) is 5.02 Å². The molecule has 0 saturated heterocycles. The predicted octanol–water partition coefficient (Wildman–Crippen LogP) is 4.79. The lowest BCUT2D eigenvalue weighted by atomic mass is 9.96. The maximum absolute atomic E-state index is 15.4. The molecule has 2 heterocycles. The largest absolute Gasteiger partial charge is 0.394 e. The Morgan fingerprint density at radius 2 is 1.95 bits per heavy atom. The molecule has 0 atom stereocenters. The number of aryl methyl sites for hydroxylation is 1. The average Bonchev–Trinajstić information content (AvgIpc) is 3.24. The van der Waals surface area contributed by atoms with E-state index in [9.17, 15) is 14.7 Å². The van der Waals surface area contributed by atoms with Gasteiger partial charge in [-0.3, -0.25) is 9.59 Å². The highest BCUT2D eigenvalue weighted by Crippen LogP contribution is 2.43. The second-order valence-electron chi connectivity index (χ2n) is 9.58. The molecule has 0 aliphatic carbocycles. The minimum Gasteiger partial charge on any atom is -0.394 e. The van der Waals surface area contributed by atoms with Gasteiger partial charge in [-0.2, -0.15) is 5.10 Å². The van der Waals surface area contributed by atoms with Gasteiger partial charge < -0.3 is 15.3 Å². The molecule has 3 aromatic rings. The molecule has 2 amide bonds. The van der Waals surface area contributed by atoms with E-state index in [2.05, 4.69) is 10.4 Å². The van der Waals surface area contributed by atoms with E-state index in [-0.39, 0.29) is 35.0 Å². The van der Waals surface area contributed by atoms with Crippen molar-refractivity contribution < 1.29 is 23.5 Å². The molecule has 0 saturated carbocycles. The summed E-state index contributed by atoms with van der Waals surface area (Å²) in [5.41, 5.74) is 0.439. The first-order valence-corrected chi connectivity index (χ1v) is 12.1. The Bertz CT molecular complexity index is 1380. The molecule has 1 aliphatic heterocycles. The van der Waals surface area contributed by atoms with Gasteiger partial charge >= 0.3 is 0 Å². The predicted molar refractivity (Wildman–Crippen MR) is 138 cm³/mol. The molecule has 0 spiro atoms. The number of aliphatic hydroxyl groups is 1. The lowest BCUT2D eigenvalue weighted by Gasteiger charge is -2.24. The molecule has 0 bridgehead atoms. The van der Waals surface area contributed by atoms with E-state index in [1.165, 1.54) is 11.0 Å². The summed E-state index contributed by atoms with van der Waals surface area (Å²) in [6.07, 6.45) is 1.91. The van der Waals surface area contributed by atoms with E-state index >= 15 is 8.78 Å². The molecule has 10 heteroatoms. The van der Waals surface area contributed by atoms with Crippen molar-refractivity contribution in [3.8, 4) is 5.69 Å². The van der Waals surface area contributed by atoms with Gasteiger partial charge in [-0.25, -0.2) is 13.5 Å². The standard InChI is InChI=1S/C27H27ClF2N4O3/c1-17-10-12-34(32-17)18-8-9-20(22(28)14-18)25(37)33-13-11-27(29,30)21(19-6-4-5-7-23(19)33)15-24(36)31-26(2,3)16-35/h4-10,12,14-15,35H,11,13,16H2,1-3H3,(H,31,36)/b21-15-. The van der Waals surface area contributed by atoms with E-state index in [0.29, 0.717) is 5.69 Å². The number of carbonyl (C=O) groups is 2. The van der Waals surface area contributed by atoms with Gasteiger partial charge in [0.25, 0.3) is 11.8 Å². The zero-order chi connectivity index (χ0) is 27.0. The van der Waals surface area contributed by atoms with Gasteiger partial charge in [0, 0.05) is 36.4 Å². The molecule has 0 radical (unpaired) electrons. The molecular weight excluding hydrogens is 502 g/mol. The summed E-state index contributed by atoms with van der Waals surface area (Å²) in [4.78, 5) is 27.5. The number of aliphatic hydroxyl groups excluding tert-OH is 1. The van der Waals surface area contributed by atoms with Gasteiger partial charge in [0.2, 0.25) is 5.91 Å². The lowest BCUT2D eigenvalue weighted by Crippen LogP contribution is -2.45. The quantitative estimate of drug-likeness (QED) is 0.466. The number of anilines is 1. The van der Waals surface area contributed by atoms with Crippen LogP contribution in [0.4, 0.5) is 14.5 Å². The Morgan fingerprint density at radius 3 is 2.59 bits per heavy atom. The average molecular weight is 529 g/mol. The molecule has 2 N–H and O–H groups in total. The van der Waals surface area contributed by atoms with Crippen molar-refractivity contribution in [3.63, 3.8) is 0 Å². The molecule has 1 aromatic heterocycles. The maximum atomic E-state index is 15.4. The van der Waals surface area contributed by atoms with Crippen LogP contribution in [0.1, 0.15) is 41.9 Å². The Kier molecular flexibility index (Phi) is 7.21. The van der Waals surface area contributed by atoms with Crippen LogP contribution in [0.3, 0.4) is 0 Å². The molecule has 1 aliphatic rings. The number of aromatic nitrogens is 2. The molecule has 2 aromatic carbocycles. The number of carbonyl (C=O) groups excluding carboxylic acids is 2. The van der Waals surface area contributed by atoms with Crippen molar-refractivity contribution in [3.05, 3.63) is 82.6 Å². The first-order valence-electron chi connectivity index (χ1n) is 11.7. The second-order valence-corrected chi connectivity index (χ2v) is 9.99. The zero-order valence-corrected chi connectivity index (χ0v) is 21.4. The minimum absolute atomic E-state index is 0.0649. The molecular formula is C27H27ClF2N4O3. The van der Waals surface area contributed by atoms with Gasteiger partial charge in [-0.05, 0) is 51.1 Å². The molecule has 194 valence electrons. The number of fused-ring (bicyclic) bond motifs is 1. The number of alkyl halides is 2. The van der Waals surface area contributed by atoms with Crippen LogP contribution in [0, 0.1) is 6.92 Å². The van der Waals surface area contributed by atoms with Crippen molar-refractivity contribution in [2.45, 2.75) is 38.7 Å². The maximum Gasteiger partial charge on any atom is 0.275 e. The third-order valence-electron chi connectivity index (χ3n) is 6.08. The number of hydrogen-bond acceptors (Lipinski definition) is 4. The SMILES string of the molecule is Cc1ccn(-c2ccc(C(=O)N3CCC(F)(F)/C(=C\C(=O)NC(C)(C)CO)c4ccccc43)c(Cl)c2)n1. The van der Waals surface area contributed by atoms with E-state index in [4.69, 9.17) is 11.6 Å². The van der Waals surface area contributed by atoms with Crippen molar-refractivity contribution in [1.29, 1.82) is 0 Å². The van der Waals surface area contributed by atoms with Crippen LogP contribution in [0.5, 0.6) is 0 Å². The number of nitrogens with zero attached hydrogens (tertiary/aromatic N) is 3. The Morgan fingerprint density at radius 1 is 1.22 bits per heavy atom. The normalized spacial score (nSPS) is 16.3. The van der Waals surface area contributed by atoms with Crippen molar-refractivity contribution in [1.82, 2.24) is 15.1 Å².